The van der Waals surface area contributed by atoms with Gasteiger partial charge in [-0.25, -0.2) is 4.39 Å². The smallest absolute Gasteiger partial charge is 0.277 e. The largest absolute Gasteiger partial charge is 0.411 e. The molecule has 0 bridgehead atoms. The van der Waals surface area contributed by atoms with Crippen LogP contribution in [0.2, 0.25) is 0 Å². The number of halogens is 2. The van der Waals surface area contributed by atoms with Gasteiger partial charge in [0, 0.05) is 21.6 Å². The van der Waals surface area contributed by atoms with Crippen molar-refractivity contribution in [1.82, 2.24) is 15.2 Å². The monoisotopic (exact) mass is 446 g/mol. The molecule has 2 aromatic heterocycles. The Morgan fingerprint density at radius 2 is 2.11 bits per heavy atom. The maximum absolute atomic E-state index is 13.8. The van der Waals surface area contributed by atoms with Gasteiger partial charge >= 0.3 is 0 Å². The number of carbonyl (C=O) groups excluding carboxylic acids is 1. The molecule has 2 N–H and O–H groups in total. The summed E-state index contributed by atoms with van der Waals surface area (Å²) in [7, 11) is 0. The summed E-state index contributed by atoms with van der Waals surface area (Å²) in [5, 5.41) is 11.8. The molecule has 0 aliphatic heterocycles. The molecule has 0 saturated heterocycles. The summed E-state index contributed by atoms with van der Waals surface area (Å²) >= 11 is 4.26. The van der Waals surface area contributed by atoms with Gasteiger partial charge < -0.3 is 14.7 Å². The molecule has 0 atom stereocenters. The van der Waals surface area contributed by atoms with Gasteiger partial charge in [-0.1, -0.05) is 45.9 Å². The van der Waals surface area contributed by atoms with Crippen molar-refractivity contribution >= 4 is 50.2 Å². The van der Waals surface area contributed by atoms with E-state index in [0.717, 1.165) is 28.2 Å². The van der Waals surface area contributed by atoms with Crippen LogP contribution in [0.25, 0.3) is 22.4 Å². The molecule has 9 heteroatoms. The van der Waals surface area contributed by atoms with Gasteiger partial charge in [-0.2, -0.15) is 0 Å². The fourth-order valence-corrected chi connectivity index (χ4v) is 3.43. The fourth-order valence-electron chi connectivity index (χ4n) is 2.53. The highest BCUT2D eigenvalue weighted by Gasteiger charge is 2.15. The van der Waals surface area contributed by atoms with Crippen molar-refractivity contribution in [2.24, 2.45) is 0 Å². The molecule has 2 aromatic carbocycles. The predicted octanol–water partition coefficient (Wildman–Crippen LogP) is 4.85. The molecular weight excluding hydrogens is 435 g/mol. The summed E-state index contributed by atoms with van der Waals surface area (Å²) in [6.45, 7) is 0. The Labute approximate surface area is 165 Å². The maximum atomic E-state index is 13.8. The van der Waals surface area contributed by atoms with Crippen LogP contribution in [-0.2, 0) is 4.79 Å². The first-order valence-electron chi connectivity index (χ1n) is 7.88. The molecule has 0 saturated carbocycles. The second-order valence-corrected chi connectivity index (χ2v) is 7.42. The number of rotatable bonds is 5. The van der Waals surface area contributed by atoms with Crippen LogP contribution in [0.3, 0.4) is 0 Å². The van der Waals surface area contributed by atoms with E-state index in [-0.39, 0.29) is 22.6 Å². The number of hydrogen-bond acceptors (Lipinski definition) is 5. The Bertz CT molecular complexity index is 1130. The van der Waals surface area contributed by atoms with E-state index in [9.17, 15) is 9.18 Å². The zero-order valence-corrected chi connectivity index (χ0v) is 16.1. The lowest BCUT2D eigenvalue weighted by atomic mass is 10.2. The molecule has 0 radical (unpaired) electrons. The number of anilines is 1. The van der Waals surface area contributed by atoms with Crippen molar-refractivity contribution in [3.05, 3.63) is 59.0 Å². The van der Waals surface area contributed by atoms with Gasteiger partial charge in [0.25, 0.3) is 11.1 Å². The number of nitrogens with zero attached hydrogens (tertiary/aromatic N) is 2. The molecule has 0 aliphatic rings. The molecule has 4 rings (SSSR count). The van der Waals surface area contributed by atoms with Crippen LogP contribution in [0.1, 0.15) is 0 Å². The van der Waals surface area contributed by atoms with Crippen LogP contribution < -0.4 is 5.32 Å². The van der Waals surface area contributed by atoms with Crippen LogP contribution >= 0.6 is 27.7 Å². The quantitative estimate of drug-likeness (QED) is 0.428. The van der Waals surface area contributed by atoms with Gasteiger partial charge in [-0.3, -0.25) is 4.79 Å². The van der Waals surface area contributed by atoms with Crippen molar-refractivity contribution in [1.29, 1.82) is 0 Å². The molecule has 4 aromatic rings. The van der Waals surface area contributed by atoms with Gasteiger partial charge in [0.2, 0.25) is 5.91 Å². The second kappa shape index (κ2) is 7.53. The summed E-state index contributed by atoms with van der Waals surface area (Å²) in [6, 6.07) is 12.2. The van der Waals surface area contributed by atoms with E-state index in [1.54, 1.807) is 12.3 Å². The average molecular weight is 447 g/mol. The van der Waals surface area contributed by atoms with Gasteiger partial charge in [-0.05, 0) is 24.3 Å². The van der Waals surface area contributed by atoms with Gasteiger partial charge in [-0.15, -0.1) is 10.2 Å². The molecule has 0 aliphatic carbocycles. The Kier molecular flexibility index (Phi) is 4.95. The molecule has 1 amide bonds. The number of aromatic amines is 1. The summed E-state index contributed by atoms with van der Waals surface area (Å²) in [4.78, 5) is 15.2. The standard InChI is InChI=1S/C18H12BrFN4O2S/c19-10-5-6-15(13(20)7-10)22-16(25)9-27-18-24-23-17(26-18)12-8-21-14-4-2-1-3-11(12)14/h1-8,21H,9H2,(H,22,25). The third kappa shape index (κ3) is 3.88. The number of amides is 1. The molecule has 0 unspecified atom stereocenters. The van der Waals surface area contributed by atoms with Crippen LogP contribution in [0.4, 0.5) is 10.1 Å². The Morgan fingerprint density at radius 3 is 2.96 bits per heavy atom. The highest BCUT2D eigenvalue weighted by Crippen LogP contribution is 2.29. The minimum absolute atomic E-state index is 0.0189. The summed E-state index contributed by atoms with van der Waals surface area (Å²) in [6.07, 6.45) is 1.80. The minimum atomic E-state index is -0.512. The number of carbonyl (C=O) groups is 1. The number of aromatic nitrogens is 3. The maximum Gasteiger partial charge on any atom is 0.277 e. The number of para-hydroxylation sites is 1. The molecule has 0 spiro atoms. The van der Waals surface area contributed by atoms with E-state index < -0.39 is 5.82 Å². The highest BCUT2D eigenvalue weighted by atomic mass is 79.9. The summed E-state index contributed by atoms with van der Waals surface area (Å²) < 4.78 is 20.0. The first-order valence-corrected chi connectivity index (χ1v) is 9.66. The van der Waals surface area contributed by atoms with E-state index in [0.29, 0.717) is 10.4 Å². The molecule has 136 valence electrons. The Hall–Kier alpha value is -2.65. The van der Waals surface area contributed by atoms with E-state index in [2.05, 4.69) is 36.4 Å². The van der Waals surface area contributed by atoms with Crippen molar-refractivity contribution in [2.45, 2.75) is 5.22 Å². The van der Waals surface area contributed by atoms with Crippen LogP contribution in [0, 0.1) is 5.82 Å². The van der Waals surface area contributed by atoms with Gasteiger partial charge in [0.1, 0.15) is 5.82 Å². The van der Waals surface area contributed by atoms with E-state index >= 15 is 0 Å². The lowest BCUT2D eigenvalue weighted by molar-refractivity contribution is -0.113. The molecule has 27 heavy (non-hydrogen) atoms. The van der Waals surface area contributed by atoms with E-state index in [4.69, 9.17) is 4.42 Å². The number of hydrogen-bond donors (Lipinski definition) is 2. The normalized spacial score (nSPS) is 11.0. The first-order chi connectivity index (χ1) is 13.1. The number of benzene rings is 2. The summed E-state index contributed by atoms with van der Waals surface area (Å²) in [5.41, 5.74) is 1.89. The van der Waals surface area contributed by atoms with Gasteiger partial charge in [0.15, 0.2) is 0 Å². The zero-order valence-electron chi connectivity index (χ0n) is 13.7. The lowest BCUT2D eigenvalue weighted by Gasteiger charge is -2.05. The van der Waals surface area contributed by atoms with Crippen molar-refractivity contribution < 1.29 is 13.6 Å². The van der Waals surface area contributed by atoms with E-state index in [1.165, 1.54) is 12.1 Å². The lowest BCUT2D eigenvalue weighted by Crippen LogP contribution is -2.15. The molecule has 6 nitrogen and oxygen atoms in total. The number of nitrogens with one attached hydrogen (secondary N) is 2. The Morgan fingerprint density at radius 1 is 1.26 bits per heavy atom. The Balaban J connectivity index is 1.41. The SMILES string of the molecule is O=C(CSc1nnc(-c2c[nH]c3ccccc23)o1)Nc1ccc(Br)cc1F. The van der Waals surface area contributed by atoms with E-state index in [1.807, 2.05) is 24.3 Å². The number of H-pyrrole nitrogens is 1. The highest BCUT2D eigenvalue weighted by molar-refractivity contribution is 9.10. The third-order valence-corrected chi connectivity index (χ3v) is 5.07. The predicted molar refractivity (Wildman–Crippen MR) is 105 cm³/mol. The first kappa shape index (κ1) is 17.7. The topological polar surface area (TPSA) is 83.8 Å². The van der Waals surface area contributed by atoms with Gasteiger partial charge in [0.05, 0.1) is 17.0 Å². The van der Waals surface area contributed by atoms with Crippen LogP contribution in [0.15, 0.2) is 62.8 Å². The van der Waals surface area contributed by atoms with Crippen molar-refractivity contribution in [3.8, 4) is 11.5 Å². The zero-order chi connectivity index (χ0) is 18.8. The summed E-state index contributed by atoms with van der Waals surface area (Å²) in [5.74, 6) is -0.491. The molecule has 2 heterocycles. The van der Waals surface area contributed by atoms with Crippen molar-refractivity contribution in [3.63, 3.8) is 0 Å². The second-order valence-electron chi connectivity index (χ2n) is 5.58. The fraction of sp³-hybridized carbons (Fsp3) is 0.0556. The third-order valence-electron chi connectivity index (χ3n) is 3.76. The van der Waals surface area contributed by atoms with Crippen LogP contribution in [0.5, 0.6) is 0 Å². The minimum Gasteiger partial charge on any atom is -0.411 e. The average Bonchev–Trinajstić information content (AvgIpc) is 3.29. The van der Waals surface area contributed by atoms with Crippen molar-refractivity contribution in [2.75, 3.05) is 11.1 Å². The molecule has 0 fully saturated rings. The van der Waals surface area contributed by atoms with Crippen LogP contribution in [-0.4, -0.2) is 26.8 Å². The number of thioether (sulfide) groups is 1. The molecular formula is C18H12BrFN4O2S. The number of fused-ring (bicyclic) bond motifs is 1.